The molecular formula is C17H29NO. The molecule has 0 aliphatic heterocycles. The molecule has 2 heteroatoms. The van der Waals surface area contributed by atoms with E-state index in [1.54, 1.807) is 0 Å². The zero-order valence-electron chi connectivity index (χ0n) is 13.1. The summed E-state index contributed by atoms with van der Waals surface area (Å²) in [6, 6.07) is 0. The lowest BCUT2D eigenvalue weighted by molar-refractivity contribution is -0.179. The van der Waals surface area contributed by atoms with Crippen molar-refractivity contribution in [3.05, 3.63) is 0 Å². The van der Waals surface area contributed by atoms with Gasteiger partial charge >= 0.3 is 0 Å². The normalized spacial score (nSPS) is 47.5. The van der Waals surface area contributed by atoms with Crippen molar-refractivity contribution in [2.75, 3.05) is 13.1 Å². The molecule has 4 rings (SSSR count). The lowest BCUT2D eigenvalue weighted by Crippen LogP contribution is -2.60. The van der Waals surface area contributed by atoms with Crippen LogP contribution in [-0.2, 0) is 4.79 Å². The molecule has 0 spiro atoms. The van der Waals surface area contributed by atoms with Crippen LogP contribution in [0.4, 0.5) is 0 Å². The molecule has 0 radical (unpaired) electrons. The van der Waals surface area contributed by atoms with Crippen molar-refractivity contribution >= 4 is 5.91 Å². The number of nitrogens with zero attached hydrogens (tertiary/aromatic N) is 1. The molecule has 0 N–H and O–H groups in total. The molecule has 1 amide bonds. The third-order valence-electron chi connectivity index (χ3n) is 6.13. The van der Waals surface area contributed by atoms with E-state index in [4.69, 9.17) is 0 Å². The number of hydrogen-bond acceptors (Lipinski definition) is 1. The van der Waals surface area contributed by atoms with Crippen LogP contribution in [0.5, 0.6) is 0 Å². The fraction of sp³-hybridized carbons (Fsp3) is 0.941. The Balaban J connectivity index is 1.94. The quantitative estimate of drug-likeness (QED) is 0.757. The van der Waals surface area contributed by atoms with Crippen molar-refractivity contribution in [2.45, 2.75) is 66.2 Å². The Kier molecular flexibility index (Phi) is 2.82. The summed E-state index contributed by atoms with van der Waals surface area (Å²) >= 11 is 0. The Morgan fingerprint density at radius 2 is 1.53 bits per heavy atom. The van der Waals surface area contributed by atoms with Crippen LogP contribution in [0.15, 0.2) is 0 Å². The van der Waals surface area contributed by atoms with Crippen LogP contribution >= 0.6 is 0 Å². The number of rotatable bonds is 3. The second-order valence-electron chi connectivity index (χ2n) is 8.39. The Bertz CT molecular complexity index is 380. The molecule has 2 nitrogen and oxygen atoms in total. The van der Waals surface area contributed by atoms with Crippen LogP contribution < -0.4 is 0 Å². The summed E-state index contributed by atoms with van der Waals surface area (Å²) < 4.78 is 0. The molecule has 4 aliphatic carbocycles. The molecule has 0 aromatic heterocycles. The van der Waals surface area contributed by atoms with E-state index in [-0.39, 0.29) is 5.41 Å². The first-order valence-electron chi connectivity index (χ1n) is 8.13. The van der Waals surface area contributed by atoms with Gasteiger partial charge in [0.05, 0.1) is 5.41 Å². The van der Waals surface area contributed by atoms with E-state index in [0.717, 1.165) is 31.8 Å². The van der Waals surface area contributed by atoms with Gasteiger partial charge in [0.1, 0.15) is 0 Å². The average molecular weight is 263 g/mol. The molecular weight excluding hydrogens is 234 g/mol. The minimum absolute atomic E-state index is 0.00502. The number of amides is 1. The topological polar surface area (TPSA) is 20.3 Å². The first-order valence-corrected chi connectivity index (χ1v) is 8.13. The molecule has 2 unspecified atom stereocenters. The molecule has 4 bridgehead atoms. The first kappa shape index (κ1) is 13.5. The second-order valence-corrected chi connectivity index (χ2v) is 8.39. The van der Waals surface area contributed by atoms with E-state index >= 15 is 0 Å². The van der Waals surface area contributed by atoms with Crippen LogP contribution in [0, 0.1) is 22.2 Å². The summed E-state index contributed by atoms with van der Waals surface area (Å²) in [6.07, 6.45) is 7.58. The van der Waals surface area contributed by atoms with E-state index in [9.17, 15) is 4.79 Å². The van der Waals surface area contributed by atoms with Crippen LogP contribution in [0.1, 0.15) is 66.2 Å². The lowest BCUT2D eigenvalue weighted by atomic mass is 9.40. The Morgan fingerprint density at radius 1 is 1.00 bits per heavy atom. The molecule has 0 saturated heterocycles. The van der Waals surface area contributed by atoms with Crippen LogP contribution in [0.2, 0.25) is 0 Å². The highest BCUT2D eigenvalue weighted by molar-refractivity contribution is 5.83. The van der Waals surface area contributed by atoms with Gasteiger partial charge < -0.3 is 4.90 Å². The molecule has 0 aromatic carbocycles. The fourth-order valence-electron chi connectivity index (χ4n) is 6.53. The third kappa shape index (κ3) is 1.94. The average Bonchev–Trinajstić information content (AvgIpc) is 2.25. The van der Waals surface area contributed by atoms with E-state index in [1.165, 1.54) is 25.7 Å². The first-order chi connectivity index (χ1) is 8.84. The summed E-state index contributed by atoms with van der Waals surface area (Å²) in [7, 11) is 0. The molecule has 19 heavy (non-hydrogen) atoms. The van der Waals surface area contributed by atoms with Gasteiger partial charge in [0.25, 0.3) is 0 Å². The maximum absolute atomic E-state index is 13.1. The highest BCUT2D eigenvalue weighted by atomic mass is 16.2. The summed E-state index contributed by atoms with van der Waals surface area (Å²) in [5, 5.41) is 0. The minimum atomic E-state index is -0.00502. The van der Waals surface area contributed by atoms with Crippen molar-refractivity contribution in [3.8, 4) is 0 Å². The number of carbonyl (C=O) groups is 1. The highest BCUT2D eigenvalue weighted by Gasteiger charge is 2.63. The maximum atomic E-state index is 13.1. The largest absolute Gasteiger partial charge is 0.343 e. The highest BCUT2D eigenvalue weighted by Crippen LogP contribution is 2.69. The van der Waals surface area contributed by atoms with Gasteiger partial charge in [0.15, 0.2) is 0 Å². The Morgan fingerprint density at radius 3 is 1.95 bits per heavy atom. The molecule has 0 aromatic rings. The summed E-state index contributed by atoms with van der Waals surface area (Å²) in [5.74, 6) is 1.28. The monoisotopic (exact) mass is 263 g/mol. The van der Waals surface area contributed by atoms with E-state index in [1.807, 2.05) is 0 Å². The molecule has 4 saturated carbocycles. The Labute approximate surface area is 117 Å². The van der Waals surface area contributed by atoms with E-state index in [0.29, 0.717) is 16.7 Å². The number of hydrogen-bond donors (Lipinski definition) is 0. The van der Waals surface area contributed by atoms with Gasteiger partial charge in [0.2, 0.25) is 5.91 Å². The van der Waals surface area contributed by atoms with Gasteiger partial charge in [-0.15, -0.1) is 0 Å². The van der Waals surface area contributed by atoms with Crippen molar-refractivity contribution in [1.29, 1.82) is 0 Å². The minimum Gasteiger partial charge on any atom is -0.343 e. The summed E-state index contributed by atoms with van der Waals surface area (Å²) in [5.41, 5.74) is 0.878. The Hall–Kier alpha value is -0.530. The fourth-order valence-corrected chi connectivity index (χ4v) is 6.53. The van der Waals surface area contributed by atoms with Gasteiger partial charge in [-0.2, -0.15) is 0 Å². The predicted molar refractivity (Wildman–Crippen MR) is 77.8 cm³/mol. The summed E-state index contributed by atoms with van der Waals surface area (Å²) in [4.78, 5) is 15.2. The van der Waals surface area contributed by atoms with Crippen LogP contribution in [0.25, 0.3) is 0 Å². The number of carbonyl (C=O) groups excluding carboxylic acids is 1. The molecule has 4 atom stereocenters. The smallest absolute Gasteiger partial charge is 0.228 e. The van der Waals surface area contributed by atoms with Crippen molar-refractivity contribution in [2.24, 2.45) is 22.2 Å². The maximum Gasteiger partial charge on any atom is 0.228 e. The van der Waals surface area contributed by atoms with Crippen molar-refractivity contribution < 1.29 is 4.79 Å². The predicted octanol–water partition coefficient (Wildman–Crippen LogP) is 3.85. The molecule has 4 fully saturated rings. The van der Waals surface area contributed by atoms with Gasteiger partial charge in [-0.3, -0.25) is 4.79 Å². The molecule has 0 heterocycles. The van der Waals surface area contributed by atoms with Crippen LogP contribution in [-0.4, -0.2) is 23.9 Å². The van der Waals surface area contributed by atoms with Gasteiger partial charge in [-0.05, 0) is 69.1 Å². The SMILES string of the molecule is CCN(CC)C(=O)C12CC3C[C@@](C)(C1)C[C@](C)(C3)C2. The molecule has 4 aliphatic rings. The zero-order valence-corrected chi connectivity index (χ0v) is 13.1. The van der Waals surface area contributed by atoms with Crippen molar-refractivity contribution in [1.82, 2.24) is 4.90 Å². The third-order valence-corrected chi connectivity index (χ3v) is 6.13. The van der Waals surface area contributed by atoms with Gasteiger partial charge in [-0.1, -0.05) is 13.8 Å². The van der Waals surface area contributed by atoms with E-state index in [2.05, 4.69) is 32.6 Å². The second kappa shape index (κ2) is 3.99. The van der Waals surface area contributed by atoms with E-state index < -0.39 is 0 Å². The summed E-state index contributed by atoms with van der Waals surface area (Å²) in [6.45, 7) is 10.9. The van der Waals surface area contributed by atoms with Gasteiger partial charge in [-0.25, -0.2) is 0 Å². The van der Waals surface area contributed by atoms with Gasteiger partial charge in [0, 0.05) is 13.1 Å². The standard InChI is InChI=1S/C17H29NO/c1-5-18(6-2)14(19)17-9-13-7-15(3,11-17)10-16(4,8-13)12-17/h13H,5-12H2,1-4H3/t13?,15-,16+,17?. The zero-order chi connectivity index (χ0) is 13.9. The van der Waals surface area contributed by atoms with Crippen LogP contribution in [0.3, 0.4) is 0 Å². The van der Waals surface area contributed by atoms with Crippen molar-refractivity contribution in [3.63, 3.8) is 0 Å². The molecule has 108 valence electrons. The lowest BCUT2D eigenvalue weighted by Gasteiger charge is -2.65.